The van der Waals surface area contributed by atoms with Gasteiger partial charge >= 0.3 is 0 Å². The van der Waals surface area contributed by atoms with Gasteiger partial charge in [-0.25, -0.2) is 0 Å². The molecule has 0 radical (unpaired) electrons. The van der Waals surface area contributed by atoms with Gasteiger partial charge in [0, 0.05) is 0 Å². The molecule has 0 aliphatic heterocycles. The molecule has 3 fully saturated rings. The van der Waals surface area contributed by atoms with Crippen LogP contribution in [0.1, 0.15) is 105 Å². The first-order chi connectivity index (χ1) is 13.4. The number of hydrogen-bond acceptors (Lipinski definition) is 0. The van der Waals surface area contributed by atoms with Crippen LogP contribution in [0, 0.1) is 46.3 Å². The SMILES string of the molecule is CC(C)CCC(C)C1CCC2C3CC=C4CCCCC4(C)C3CCC12C.CF. The topological polar surface area (TPSA) is 0 Å². The average molecular weight is 391 g/mol. The maximum absolute atomic E-state index is 9.50. The molecule has 0 bridgehead atoms. The Morgan fingerprint density at radius 3 is 2.43 bits per heavy atom. The molecule has 7 atom stereocenters. The zero-order valence-electron chi connectivity index (χ0n) is 19.7. The molecule has 0 amide bonds. The van der Waals surface area contributed by atoms with E-state index in [-0.39, 0.29) is 0 Å². The molecule has 1 heteroatoms. The summed E-state index contributed by atoms with van der Waals surface area (Å²) in [6.07, 6.45) is 19.0. The number of allylic oxidation sites excluding steroid dienone is 2. The van der Waals surface area contributed by atoms with Crippen LogP contribution in [0.3, 0.4) is 0 Å². The minimum absolute atomic E-state index is 0.500. The van der Waals surface area contributed by atoms with Crippen LogP contribution in [0.15, 0.2) is 11.6 Å². The summed E-state index contributed by atoms with van der Waals surface area (Å²) in [5, 5.41) is 0. The summed E-state index contributed by atoms with van der Waals surface area (Å²) >= 11 is 0. The zero-order chi connectivity index (χ0) is 20.5. The van der Waals surface area contributed by atoms with Crippen molar-refractivity contribution < 1.29 is 4.39 Å². The van der Waals surface area contributed by atoms with Crippen LogP contribution >= 0.6 is 0 Å². The smallest absolute Gasteiger partial charge is 0.0785 e. The van der Waals surface area contributed by atoms with E-state index < -0.39 is 0 Å². The Hall–Kier alpha value is -0.330. The van der Waals surface area contributed by atoms with E-state index in [0.29, 0.717) is 18.0 Å². The van der Waals surface area contributed by atoms with Crippen molar-refractivity contribution >= 4 is 0 Å². The van der Waals surface area contributed by atoms with Gasteiger partial charge in [0.05, 0.1) is 7.18 Å². The van der Waals surface area contributed by atoms with Crippen molar-refractivity contribution in [2.45, 2.75) is 105 Å². The van der Waals surface area contributed by atoms with Gasteiger partial charge in [0.25, 0.3) is 0 Å². The number of rotatable bonds is 4. The molecule has 4 rings (SSSR count). The summed E-state index contributed by atoms with van der Waals surface area (Å²) in [5.41, 5.74) is 3.09. The Morgan fingerprint density at radius 1 is 0.964 bits per heavy atom. The number of hydrogen-bond donors (Lipinski definition) is 0. The third-order valence-corrected chi connectivity index (χ3v) is 9.98. The first-order valence-electron chi connectivity index (χ1n) is 12.4. The Labute approximate surface area is 175 Å². The fourth-order valence-corrected chi connectivity index (χ4v) is 8.47. The average Bonchev–Trinajstić information content (AvgIpc) is 3.04. The lowest BCUT2D eigenvalue weighted by Crippen LogP contribution is -2.50. The Morgan fingerprint density at radius 2 is 1.71 bits per heavy atom. The molecule has 0 spiro atoms. The van der Waals surface area contributed by atoms with Crippen LogP contribution in [0.25, 0.3) is 0 Å². The fraction of sp³-hybridized carbons (Fsp3) is 0.926. The largest absolute Gasteiger partial charge is 0.255 e. The molecule has 4 aliphatic carbocycles. The number of alkyl halides is 1. The van der Waals surface area contributed by atoms with Crippen LogP contribution in [0.2, 0.25) is 0 Å². The van der Waals surface area contributed by atoms with Crippen LogP contribution in [-0.4, -0.2) is 7.18 Å². The van der Waals surface area contributed by atoms with E-state index in [1.54, 1.807) is 0 Å². The first kappa shape index (κ1) is 22.4. The van der Waals surface area contributed by atoms with Gasteiger partial charge in [-0.05, 0) is 97.7 Å². The summed E-state index contributed by atoms with van der Waals surface area (Å²) in [6.45, 7) is 12.8. The first-order valence-corrected chi connectivity index (χ1v) is 12.4. The lowest BCUT2D eigenvalue weighted by molar-refractivity contribution is -0.0501. The van der Waals surface area contributed by atoms with Gasteiger partial charge in [0.1, 0.15) is 0 Å². The summed E-state index contributed by atoms with van der Waals surface area (Å²) in [4.78, 5) is 0. The Kier molecular flexibility index (Phi) is 7.03. The van der Waals surface area contributed by atoms with E-state index in [9.17, 15) is 4.39 Å². The van der Waals surface area contributed by atoms with E-state index in [1.807, 2.05) is 5.57 Å². The number of fused-ring (bicyclic) bond motifs is 5. The third kappa shape index (κ3) is 3.74. The second kappa shape index (κ2) is 8.81. The van der Waals surface area contributed by atoms with Gasteiger partial charge in [-0.15, -0.1) is 0 Å². The van der Waals surface area contributed by atoms with Gasteiger partial charge in [-0.1, -0.05) is 65.5 Å². The molecule has 0 heterocycles. The zero-order valence-corrected chi connectivity index (χ0v) is 19.7. The molecule has 0 aromatic rings. The van der Waals surface area contributed by atoms with Crippen LogP contribution in [-0.2, 0) is 0 Å². The van der Waals surface area contributed by atoms with Crippen molar-refractivity contribution in [3.05, 3.63) is 11.6 Å². The highest BCUT2D eigenvalue weighted by molar-refractivity contribution is 5.24. The third-order valence-electron chi connectivity index (χ3n) is 9.98. The minimum atomic E-state index is 0.500. The highest BCUT2D eigenvalue weighted by Gasteiger charge is 2.58. The molecule has 28 heavy (non-hydrogen) atoms. The molecular weight excluding hydrogens is 343 g/mol. The Bertz CT molecular complexity index is 548. The van der Waals surface area contributed by atoms with Crippen molar-refractivity contribution in [2.75, 3.05) is 7.18 Å². The van der Waals surface area contributed by atoms with E-state index in [0.717, 1.165) is 35.5 Å². The van der Waals surface area contributed by atoms with Crippen LogP contribution in [0.5, 0.6) is 0 Å². The van der Waals surface area contributed by atoms with Crippen molar-refractivity contribution in [3.8, 4) is 0 Å². The summed E-state index contributed by atoms with van der Waals surface area (Å²) in [6, 6.07) is 0. The molecule has 0 aromatic carbocycles. The van der Waals surface area contributed by atoms with E-state index >= 15 is 0 Å². The normalized spacial score (nSPS) is 43.2. The molecule has 0 aromatic heterocycles. The van der Waals surface area contributed by atoms with Crippen molar-refractivity contribution in [1.29, 1.82) is 0 Å². The summed E-state index contributed by atoms with van der Waals surface area (Å²) < 4.78 is 9.50. The van der Waals surface area contributed by atoms with Gasteiger partial charge in [-0.3, -0.25) is 4.39 Å². The maximum atomic E-state index is 9.50. The van der Waals surface area contributed by atoms with Gasteiger partial charge in [-0.2, -0.15) is 0 Å². The second-order valence-electron chi connectivity index (χ2n) is 11.6. The molecule has 7 unspecified atom stereocenters. The highest BCUT2D eigenvalue weighted by atomic mass is 19.1. The molecule has 162 valence electrons. The van der Waals surface area contributed by atoms with Gasteiger partial charge in [0.2, 0.25) is 0 Å². The monoisotopic (exact) mass is 390 g/mol. The minimum Gasteiger partial charge on any atom is -0.255 e. The predicted molar refractivity (Wildman–Crippen MR) is 120 cm³/mol. The van der Waals surface area contributed by atoms with Crippen molar-refractivity contribution in [1.82, 2.24) is 0 Å². The van der Waals surface area contributed by atoms with Crippen LogP contribution in [0.4, 0.5) is 4.39 Å². The Balaban J connectivity index is 0.00000109. The molecule has 0 saturated heterocycles. The quantitative estimate of drug-likeness (QED) is 0.421. The lowest BCUT2D eigenvalue weighted by atomic mass is 9.47. The maximum Gasteiger partial charge on any atom is 0.0785 e. The molecular formula is C27H47F. The second-order valence-corrected chi connectivity index (χ2v) is 11.6. The predicted octanol–water partition coefficient (Wildman–Crippen LogP) is 8.61. The lowest BCUT2D eigenvalue weighted by Gasteiger charge is -2.58. The van der Waals surface area contributed by atoms with Gasteiger partial charge < -0.3 is 0 Å². The summed E-state index contributed by atoms with van der Waals surface area (Å²) in [7, 11) is 0.500. The number of halogens is 1. The molecule has 4 aliphatic rings. The highest BCUT2D eigenvalue weighted by Crippen LogP contribution is 2.67. The van der Waals surface area contributed by atoms with Crippen molar-refractivity contribution in [2.24, 2.45) is 46.3 Å². The van der Waals surface area contributed by atoms with E-state index in [4.69, 9.17) is 0 Å². The van der Waals surface area contributed by atoms with Crippen molar-refractivity contribution in [3.63, 3.8) is 0 Å². The molecule has 0 nitrogen and oxygen atoms in total. The van der Waals surface area contributed by atoms with E-state index in [2.05, 4.69) is 40.7 Å². The van der Waals surface area contributed by atoms with Gasteiger partial charge in [0.15, 0.2) is 0 Å². The van der Waals surface area contributed by atoms with E-state index in [1.165, 1.54) is 70.6 Å². The fourth-order valence-electron chi connectivity index (χ4n) is 8.47. The standard InChI is InChI=1S/C26H44.CH3F/c1-18(2)9-10-19(3)22-13-14-23-21-12-11-20-8-6-7-16-25(20,4)24(21)15-17-26(22,23)5;1-2/h11,18-19,21-24H,6-10,12-17H2,1-5H3;1H3. The molecule has 3 saturated carbocycles. The van der Waals surface area contributed by atoms with Crippen LogP contribution < -0.4 is 0 Å². The summed E-state index contributed by atoms with van der Waals surface area (Å²) in [5.74, 6) is 5.82. The molecule has 0 N–H and O–H groups in total.